The first-order valence-corrected chi connectivity index (χ1v) is 14.5. The molecular weight excluding hydrogens is 530 g/mol. The molecule has 3 aromatic heterocycles. The molecule has 0 aliphatic carbocycles. The number of guanidine groups is 1. The Kier molecular flexibility index (Phi) is 8.48. The zero-order valence-electron chi connectivity index (χ0n) is 23.8. The number of hydrogen-bond acceptors (Lipinski definition) is 9. The van der Waals surface area contributed by atoms with Crippen molar-refractivity contribution in [3.05, 3.63) is 60.6 Å². The summed E-state index contributed by atoms with van der Waals surface area (Å²) in [6.45, 7) is 8.40. The molecule has 0 bridgehead atoms. The maximum absolute atomic E-state index is 8.97. The Morgan fingerprint density at radius 1 is 1.07 bits per heavy atom. The molecule has 0 unspecified atom stereocenters. The van der Waals surface area contributed by atoms with Gasteiger partial charge in [0.05, 0.1) is 30.8 Å². The number of rotatable bonds is 7. The number of anilines is 2. The molecule has 5 heterocycles. The van der Waals surface area contributed by atoms with Gasteiger partial charge in [-0.1, -0.05) is 6.07 Å². The molecule has 2 N–H and O–H groups in total. The highest BCUT2D eigenvalue weighted by molar-refractivity contribution is 5.94. The maximum Gasteiger partial charge on any atom is 0.211 e. The fourth-order valence-electron chi connectivity index (χ4n) is 5.56. The second-order valence-corrected chi connectivity index (χ2v) is 10.5. The van der Waals surface area contributed by atoms with Gasteiger partial charge < -0.3 is 20.3 Å². The Labute approximate surface area is 245 Å². The average molecular weight is 566 g/mol. The Morgan fingerprint density at radius 2 is 1.88 bits per heavy atom. The number of nitrogens with zero attached hydrogens (tertiary/aromatic N) is 9. The van der Waals surface area contributed by atoms with Gasteiger partial charge in [0, 0.05) is 62.9 Å². The third kappa shape index (κ3) is 6.17. The standard InChI is InChI=1S/C30H35N11O/c1-2-33-30(34-21-31)36-24-7-5-23(6-8-24)27-37-28(40-14-16-42-17-15-40)26-19-35-41(29(26)38-27)25-9-12-39(13-10-25)20-22-4-3-11-32-18-22/h3-8,11,18-19,25H,2,9-10,12-17,20H2,1H3,(H2,33,34,36). The molecule has 12 heteroatoms. The summed E-state index contributed by atoms with van der Waals surface area (Å²) in [7, 11) is 0. The topological polar surface area (TPSA) is 132 Å². The van der Waals surface area contributed by atoms with Crippen LogP contribution in [-0.4, -0.2) is 81.5 Å². The van der Waals surface area contributed by atoms with Crippen LogP contribution in [0.15, 0.2) is 60.0 Å². The van der Waals surface area contributed by atoms with E-state index in [4.69, 9.17) is 25.1 Å². The molecule has 4 aromatic rings. The molecule has 0 saturated carbocycles. The minimum Gasteiger partial charge on any atom is -0.378 e. The summed E-state index contributed by atoms with van der Waals surface area (Å²) in [5, 5.41) is 21.0. The molecule has 6 rings (SSSR count). The summed E-state index contributed by atoms with van der Waals surface area (Å²) < 4.78 is 7.74. The monoisotopic (exact) mass is 565 g/mol. The van der Waals surface area contributed by atoms with Gasteiger partial charge in [0.25, 0.3) is 0 Å². The van der Waals surface area contributed by atoms with Crippen molar-refractivity contribution in [2.24, 2.45) is 4.99 Å². The van der Waals surface area contributed by atoms with E-state index in [-0.39, 0.29) is 6.04 Å². The number of fused-ring (bicyclic) bond motifs is 1. The van der Waals surface area contributed by atoms with Crippen molar-refractivity contribution < 1.29 is 4.74 Å². The van der Waals surface area contributed by atoms with Gasteiger partial charge in [0.1, 0.15) is 5.82 Å². The molecular formula is C30H35N11O. The first-order chi connectivity index (χ1) is 20.7. The van der Waals surface area contributed by atoms with Crippen molar-refractivity contribution in [2.75, 3.05) is 56.2 Å². The van der Waals surface area contributed by atoms with E-state index < -0.39 is 0 Å². The smallest absolute Gasteiger partial charge is 0.211 e. The van der Waals surface area contributed by atoms with Gasteiger partial charge in [0.2, 0.25) is 12.2 Å². The quantitative estimate of drug-likeness (QED) is 0.195. The number of likely N-dealkylation sites (tertiary alicyclic amines) is 1. The first-order valence-electron chi connectivity index (χ1n) is 14.5. The number of hydrogen-bond donors (Lipinski definition) is 2. The first kappa shape index (κ1) is 27.6. The summed E-state index contributed by atoms with van der Waals surface area (Å²) in [5.41, 5.74) is 3.82. The van der Waals surface area contributed by atoms with E-state index in [0.717, 1.165) is 73.7 Å². The second-order valence-electron chi connectivity index (χ2n) is 10.5. The van der Waals surface area contributed by atoms with Gasteiger partial charge in [-0.05, 0) is 55.7 Å². The Morgan fingerprint density at radius 3 is 2.60 bits per heavy atom. The zero-order chi connectivity index (χ0) is 28.7. The number of piperidine rings is 1. The third-order valence-corrected chi connectivity index (χ3v) is 7.69. The lowest BCUT2D eigenvalue weighted by atomic mass is 10.0. The van der Waals surface area contributed by atoms with Crippen LogP contribution < -0.4 is 15.5 Å². The van der Waals surface area contributed by atoms with Crippen LogP contribution in [0.3, 0.4) is 0 Å². The molecule has 2 aliphatic heterocycles. The van der Waals surface area contributed by atoms with Gasteiger partial charge >= 0.3 is 0 Å². The fraction of sp³-hybridized carbons (Fsp3) is 0.400. The number of pyridine rings is 1. The lowest BCUT2D eigenvalue weighted by molar-refractivity contribution is 0.122. The van der Waals surface area contributed by atoms with Crippen LogP contribution in [0.1, 0.15) is 31.4 Å². The number of benzene rings is 1. The number of ether oxygens (including phenoxy) is 1. The van der Waals surface area contributed by atoms with Gasteiger partial charge in [-0.2, -0.15) is 10.4 Å². The molecule has 0 radical (unpaired) electrons. The van der Waals surface area contributed by atoms with Gasteiger partial charge in [0.15, 0.2) is 11.5 Å². The molecule has 0 spiro atoms. The third-order valence-electron chi connectivity index (χ3n) is 7.69. The van der Waals surface area contributed by atoms with Crippen LogP contribution >= 0.6 is 0 Å². The summed E-state index contributed by atoms with van der Waals surface area (Å²) in [4.78, 5) is 23.0. The minimum absolute atomic E-state index is 0.267. The maximum atomic E-state index is 8.97. The summed E-state index contributed by atoms with van der Waals surface area (Å²) in [6, 6.07) is 12.3. The zero-order valence-corrected chi connectivity index (χ0v) is 23.8. The van der Waals surface area contributed by atoms with Crippen LogP contribution in [0.5, 0.6) is 0 Å². The fourth-order valence-corrected chi connectivity index (χ4v) is 5.56. The Hall–Kier alpha value is -4.60. The molecule has 42 heavy (non-hydrogen) atoms. The van der Waals surface area contributed by atoms with Crippen molar-refractivity contribution in [2.45, 2.75) is 32.4 Å². The lowest BCUT2D eigenvalue weighted by Crippen LogP contribution is -2.37. The normalized spacial score (nSPS) is 16.9. The number of morpholine rings is 1. The molecule has 1 aromatic carbocycles. The molecule has 2 saturated heterocycles. The van der Waals surface area contributed by atoms with Crippen LogP contribution in [0.2, 0.25) is 0 Å². The molecule has 12 nitrogen and oxygen atoms in total. The Bertz CT molecular complexity index is 1550. The van der Waals surface area contributed by atoms with Gasteiger partial charge in [-0.3, -0.25) is 9.88 Å². The SMILES string of the molecule is CCN/C(=N\C#N)Nc1ccc(-c2nc(N3CCOCC3)c3cnn(C4CCN(Cc5cccnc5)CC4)c3n2)cc1. The predicted octanol–water partition coefficient (Wildman–Crippen LogP) is 3.42. The van der Waals surface area contributed by atoms with Crippen LogP contribution in [0.25, 0.3) is 22.4 Å². The van der Waals surface area contributed by atoms with Crippen LogP contribution in [0.4, 0.5) is 11.5 Å². The largest absolute Gasteiger partial charge is 0.378 e. The van der Waals surface area contributed by atoms with Crippen molar-refractivity contribution >= 4 is 28.5 Å². The molecule has 0 amide bonds. The van der Waals surface area contributed by atoms with Crippen LogP contribution in [0, 0.1) is 11.5 Å². The highest BCUT2D eigenvalue weighted by atomic mass is 16.5. The number of nitrogens with one attached hydrogen (secondary N) is 2. The molecule has 2 fully saturated rings. The molecule has 216 valence electrons. The summed E-state index contributed by atoms with van der Waals surface area (Å²) >= 11 is 0. The second kappa shape index (κ2) is 12.9. The van der Waals surface area contributed by atoms with Gasteiger partial charge in [-0.25, -0.2) is 14.6 Å². The van der Waals surface area contributed by atoms with Crippen LogP contribution in [-0.2, 0) is 11.3 Å². The highest BCUT2D eigenvalue weighted by Gasteiger charge is 2.26. The van der Waals surface area contributed by atoms with E-state index in [0.29, 0.717) is 31.5 Å². The van der Waals surface area contributed by atoms with Crippen molar-refractivity contribution in [3.63, 3.8) is 0 Å². The lowest BCUT2D eigenvalue weighted by Gasteiger charge is -2.32. The number of aliphatic imine (C=N–C) groups is 1. The molecule has 2 aliphatic rings. The van der Waals surface area contributed by atoms with E-state index in [2.05, 4.69) is 41.2 Å². The minimum atomic E-state index is 0.267. The number of nitriles is 1. The van der Waals surface area contributed by atoms with E-state index in [9.17, 15) is 0 Å². The average Bonchev–Trinajstić information content (AvgIpc) is 3.47. The number of aromatic nitrogens is 5. The van der Waals surface area contributed by atoms with E-state index in [1.54, 1.807) is 0 Å². The predicted molar refractivity (Wildman–Crippen MR) is 162 cm³/mol. The van der Waals surface area contributed by atoms with Crippen molar-refractivity contribution in [1.29, 1.82) is 5.26 Å². The highest BCUT2D eigenvalue weighted by Crippen LogP contribution is 2.32. The van der Waals surface area contributed by atoms with E-state index in [1.165, 1.54) is 5.56 Å². The molecule has 0 atom stereocenters. The van der Waals surface area contributed by atoms with Gasteiger partial charge in [-0.15, -0.1) is 4.99 Å². The van der Waals surface area contributed by atoms with E-state index >= 15 is 0 Å². The van der Waals surface area contributed by atoms with Crippen molar-refractivity contribution in [3.8, 4) is 17.6 Å². The summed E-state index contributed by atoms with van der Waals surface area (Å²) in [5.74, 6) is 1.97. The Balaban J connectivity index is 1.27. The van der Waals surface area contributed by atoms with Crippen molar-refractivity contribution in [1.82, 2.24) is 34.9 Å². The van der Waals surface area contributed by atoms with E-state index in [1.807, 2.05) is 62.0 Å². The summed E-state index contributed by atoms with van der Waals surface area (Å²) in [6.07, 6.45) is 9.52.